The maximum absolute atomic E-state index is 12.6. The molecule has 0 aliphatic carbocycles. The number of amides is 1. The number of rotatable bonds is 4. The van der Waals surface area contributed by atoms with Crippen molar-refractivity contribution in [3.8, 4) is 0 Å². The van der Waals surface area contributed by atoms with Crippen molar-refractivity contribution in [2.45, 2.75) is 32.2 Å². The second-order valence-corrected chi connectivity index (χ2v) is 6.64. The largest absolute Gasteiger partial charge is 0.342 e. The van der Waals surface area contributed by atoms with Gasteiger partial charge in [0.2, 0.25) is 5.91 Å². The lowest BCUT2D eigenvalue weighted by Gasteiger charge is -2.31. The first kappa shape index (κ1) is 15.9. The molecule has 0 spiro atoms. The van der Waals surface area contributed by atoms with E-state index in [1.807, 2.05) is 17.0 Å². The van der Waals surface area contributed by atoms with Gasteiger partial charge >= 0.3 is 0 Å². The first-order valence-corrected chi connectivity index (χ1v) is 8.50. The molecule has 0 aromatic heterocycles. The van der Waals surface area contributed by atoms with Gasteiger partial charge in [-0.3, -0.25) is 14.9 Å². The van der Waals surface area contributed by atoms with E-state index >= 15 is 0 Å². The van der Waals surface area contributed by atoms with Crippen molar-refractivity contribution in [2.24, 2.45) is 5.92 Å². The molecule has 1 unspecified atom stereocenters. The summed E-state index contributed by atoms with van der Waals surface area (Å²) in [5.74, 6) is 0.377. The lowest BCUT2D eigenvalue weighted by molar-refractivity contribution is -0.921. The molecule has 6 nitrogen and oxygen atoms in total. The Kier molecular flexibility index (Phi) is 4.91. The van der Waals surface area contributed by atoms with E-state index in [4.69, 9.17) is 0 Å². The van der Waals surface area contributed by atoms with Gasteiger partial charge in [-0.1, -0.05) is 12.1 Å². The first-order chi connectivity index (χ1) is 11.1. The van der Waals surface area contributed by atoms with Gasteiger partial charge in [0, 0.05) is 19.2 Å². The maximum atomic E-state index is 12.6. The van der Waals surface area contributed by atoms with E-state index in [0.29, 0.717) is 12.5 Å². The smallest absolute Gasteiger partial charge is 0.278 e. The van der Waals surface area contributed by atoms with Crippen LogP contribution in [0.2, 0.25) is 0 Å². The Morgan fingerprint density at radius 3 is 2.74 bits per heavy atom. The zero-order chi connectivity index (χ0) is 16.2. The molecule has 2 atom stereocenters. The van der Waals surface area contributed by atoms with Crippen LogP contribution in [0, 0.1) is 16.0 Å². The number of quaternary nitrogens is 1. The maximum Gasteiger partial charge on any atom is 0.278 e. The Labute approximate surface area is 136 Å². The SMILES string of the molecule is O=C([C@@H]1CCC[NH+](Cc2ccccc2[N+](=O)[O-])C1)N1CCCC1. The number of piperidine rings is 1. The summed E-state index contributed by atoms with van der Waals surface area (Å²) >= 11 is 0. The summed E-state index contributed by atoms with van der Waals surface area (Å²) in [6.45, 7) is 4.20. The van der Waals surface area contributed by atoms with Gasteiger partial charge in [-0.25, -0.2) is 0 Å². The fourth-order valence-corrected chi connectivity index (χ4v) is 3.83. The molecule has 3 rings (SSSR count). The van der Waals surface area contributed by atoms with Crippen LogP contribution in [0.4, 0.5) is 5.69 Å². The van der Waals surface area contributed by atoms with E-state index in [-0.39, 0.29) is 16.5 Å². The summed E-state index contributed by atoms with van der Waals surface area (Å²) in [5, 5.41) is 11.1. The Hall–Kier alpha value is -1.95. The number of carbonyl (C=O) groups is 1. The van der Waals surface area contributed by atoms with Crippen molar-refractivity contribution >= 4 is 11.6 Å². The average molecular weight is 318 g/mol. The van der Waals surface area contributed by atoms with E-state index in [1.165, 1.54) is 4.90 Å². The minimum Gasteiger partial charge on any atom is -0.342 e. The molecule has 1 aromatic carbocycles. The van der Waals surface area contributed by atoms with Gasteiger partial charge in [0.1, 0.15) is 6.54 Å². The molecule has 2 aliphatic rings. The number of carbonyl (C=O) groups excluding carboxylic acids is 1. The molecule has 2 aliphatic heterocycles. The van der Waals surface area contributed by atoms with Gasteiger partial charge < -0.3 is 9.80 Å². The van der Waals surface area contributed by atoms with Crippen LogP contribution in [0.25, 0.3) is 0 Å². The Balaban J connectivity index is 1.65. The van der Waals surface area contributed by atoms with Gasteiger partial charge in [0.15, 0.2) is 0 Å². The average Bonchev–Trinajstić information content (AvgIpc) is 3.09. The summed E-state index contributed by atoms with van der Waals surface area (Å²) in [4.78, 5) is 26.7. The molecule has 124 valence electrons. The number of nitro benzene ring substituents is 1. The third-order valence-electron chi connectivity index (χ3n) is 5.01. The van der Waals surface area contributed by atoms with Crippen LogP contribution < -0.4 is 4.90 Å². The standard InChI is InChI=1S/C17H23N3O3/c21-17(19-10-3-4-11-19)15-7-5-9-18(13-15)12-14-6-1-2-8-16(14)20(22)23/h1-2,6,8,15H,3-5,7,9-13H2/p+1/t15-/m1/s1. The molecule has 1 N–H and O–H groups in total. The minimum atomic E-state index is -0.314. The van der Waals surface area contributed by atoms with Crippen LogP contribution in [0.3, 0.4) is 0 Å². The van der Waals surface area contributed by atoms with E-state index < -0.39 is 0 Å². The number of hydrogen-bond acceptors (Lipinski definition) is 3. The molecular weight excluding hydrogens is 294 g/mol. The monoisotopic (exact) mass is 318 g/mol. The van der Waals surface area contributed by atoms with Crippen molar-refractivity contribution in [3.05, 3.63) is 39.9 Å². The van der Waals surface area contributed by atoms with Crippen molar-refractivity contribution < 1.29 is 14.6 Å². The quantitative estimate of drug-likeness (QED) is 0.665. The molecule has 1 amide bonds. The molecule has 2 saturated heterocycles. The predicted octanol–water partition coefficient (Wildman–Crippen LogP) is 1.01. The number of nitrogens with one attached hydrogen (secondary N) is 1. The first-order valence-electron chi connectivity index (χ1n) is 8.50. The second kappa shape index (κ2) is 7.08. The zero-order valence-electron chi connectivity index (χ0n) is 13.4. The summed E-state index contributed by atoms with van der Waals surface area (Å²) < 4.78 is 0. The molecule has 23 heavy (non-hydrogen) atoms. The third-order valence-corrected chi connectivity index (χ3v) is 5.01. The third kappa shape index (κ3) is 3.69. The van der Waals surface area contributed by atoms with Gasteiger partial charge in [-0.05, 0) is 31.7 Å². The normalized spacial score (nSPS) is 24.6. The number of para-hydroxylation sites is 1. The fourth-order valence-electron chi connectivity index (χ4n) is 3.83. The van der Waals surface area contributed by atoms with Gasteiger partial charge in [0.25, 0.3) is 5.69 Å². The summed E-state index contributed by atoms with van der Waals surface area (Å²) in [6.07, 6.45) is 4.20. The Bertz CT molecular complexity index is 584. The number of benzene rings is 1. The zero-order valence-corrected chi connectivity index (χ0v) is 13.4. The van der Waals surface area contributed by atoms with Crippen LogP contribution in [-0.2, 0) is 11.3 Å². The van der Waals surface area contributed by atoms with Crippen LogP contribution >= 0.6 is 0 Å². The molecular formula is C17H24N3O3+. The summed E-state index contributed by atoms with van der Waals surface area (Å²) in [6, 6.07) is 6.94. The van der Waals surface area contributed by atoms with E-state index in [2.05, 4.69) is 0 Å². The van der Waals surface area contributed by atoms with E-state index in [1.54, 1.807) is 12.1 Å². The van der Waals surface area contributed by atoms with Crippen LogP contribution in [-0.4, -0.2) is 41.9 Å². The molecule has 2 heterocycles. The van der Waals surface area contributed by atoms with Crippen molar-refractivity contribution in [2.75, 3.05) is 26.2 Å². The van der Waals surface area contributed by atoms with Crippen molar-refractivity contribution in [3.63, 3.8) is 0 Å². The number of hydrogen-bond donors (Lipinski definition) is 1. The topological polar surface area (TPSA) is 67.9 Å². The van der Waals surface area contributed by atoms with Crippen LogP contribution in [0.5, 0.6) is 0 Å². The Morgan fingerprint density at radius 1 is 1.26 bits per heavy atom. The van der Waals surface area contributed by atoms with Crippen molar-refractivity contribution in [1.29, 1.82) is 0 Å². The highest BCUT2D eigenvalue weighted by Crippen LogP contribution is 2.19. The number of nitrogens with zero attached hydrogens (tertiary/aromatic N) is 2. The van der Waals surface area contributed by atoms with Crippen LogP contribution in [0.15, 0.2) is 24.3 Å². The summed E-state index contributed by atoms with van der Waals surface area (Å²) in [7, 11) is 0. The second-order valence-electron chi connectivity index (χ2n) is 6.64. The fraction of sp³-hybridized carbons (Fsp3) is 0.588. The molecule has 1 aromatic rings. The number of likely N-dealkylation sites (tertiary alicyclic amines) is 2. The lowest BCUT2D eigenvalue weighted by atomic mass is 9.96. The van der Waals surface area contributed by atoms with Crippen molar-refractivity contribution in [1.82, 2.24) is 4.90 Å². The van der Waals surface area contributed by atoms with Gasteiger partial charge in [-0.15, -0.1) is 0 Å². The highest BCUT2D eigenvalue weighted by atomic mass is 16.6. The lowest BCUT2D eigenvalue weighted by Crippen LogP contribution is -3.12. The van der Waals surface area contributed by atoms with Gasteiger partial charge in [-0.2, -0.15) is 0 Å². The molecule has 0 saturated carbocycles. The highest BCUT2D eigenvalue weighted by molar-refractivity contribution is 5.79. The highest BCUT2D eigenvalue weighted by Gasteiger charge is 2.33. The van der Waals surface area contributed by atoms with E-state index in [0.717, 1.165) is 57.4 Å². The molecule has 0 radical (unpaired) electrons. The van der Waals surface area contributed by atoms with Crippen LogP contribution in [0.1, 0.15) is 31.2 Å². The Morgan fingerprint density at radius 2 is 2.00 bits per heavy atom. The predicted molar refractivity (Wildman–Crippen MR) is 86.0 cm³/mol. The molecule has 6 heteroatoms. The van der Waals surface area contributed by atoms with Gasteiger partial charge in [0.05, 0.1) is 29.5 Å². The summed E-state index contributed by atoms with van der Waals surface area (Å²) in [5.41, 5.74) is 0.953. The van der Waals surface area contributed by atoms with E-state index in [9.17, 15) is 14.9 Å². The minimum absolute atomic E-state index is 0.0830. The molecule has 0 bridgehead atoms. The molecule has 2 fully saturated rings. The number of nitro groups is 1.